The molecular formula is C16H16O. The van der Waals surface area contributed by atoms with Crippen molar-refractivity contribution >= 4 is 22.1 Å². The highest BCUT2D eigenvalue weighted by molar-refractivity contribution is 5.86. The maximum atomic E-state index is 11.0. The fourth-order valence-electron chi connectivity index (χ4n) is 1.88. The second-order valence-electron chi connectivity index (χ2n) is 4.37. The molecular weight excluding hydrogens is 208 g/mol. The lowest BCUT2D eigenvalue weighted by Gasteiger charge is -2.06. The lowest BCUT2D eigenvalue weighted by atomic mass is 9.99. The Bertz CT molecular complexity index is 567. The van der Waals surface area contributed by atoms with Crippen LogP contribution in [0.2, 0.25) is 0 Å². The summed E-state index contributed by atoms with van der Waals surface area (Å²) in [6, 6.07) is 14.6. The zero-order valence-electron chi connectivity index (χ0n) is 10.1. The van der Waals surface area contributed by atoms with Crippen LogP contribution in [0.3, 0.4) is 0 Å². The van der Waals surface area contributed by atoms with Crippen molar-refractivity contribution < 1.29 is 4.79 Å². The van der Waals surface area contributed by atoms with Gasteiger partial charge in [0.15, 0.2) is 0 Å². The van der Waals surface area contributed by atoms with Crippen LogP contribution in [0.1, 0.15) is 25.3 Å². The maximum absolute atomic E-state index is 11.0. The second-order valence-corrected chi connectivity index (χ2v) is 4.37. The van der Waals surface area contributed by atoms with Crippen LogP contribution in [0.15, 0.2) is 49.0 Å². The largest absolute Gasteiger partial charge is 0.300 e. The smallest absolute Gasteiger partial charge is 0.130 e. The molecule has 2 rings (SSSR count). The first-order chi connectivity index (χ1) is 8.16. The zero-order valence-corrected chi connectivity index (χ0v) is 10.1. The second kappa shape index (κ2) is 4.96. The first-order valence-electron chi connectivity index (χ1n) is 5.83. The number of carbonyl (C=O) groups is 1. The molecule has 1 heteroatoms. The van der Waals surface area contributed by atoms with Crippen LogP contribution in [-0.2, 0) is 4.79 Å². The van der Waals surface area contributed by atoms with Crippen molar-refractivity contribution in [2.75, 3.05) is 0 Å². The summed E-state index contributed by atoms with van der Waals surface area (Å²) in [5, 5.41) is 2.45. The van der Waals surface area contributed by atoms with E-state index in [0.717, 1.165) is 17.6 Å². The minimum atomic E-state index is 0.215. The molecule has 0 atom stereocenters. The lowest BCUT2D eigenvalue weighted by molar-refractivity contribution is -0.116. The van der Waals surface area contributed by atoms with E-state index in [0.29, 0.717) is 6.42 Å². The summed E-state index contributed by atoms with van der Waals surface area (Å²) in [6.07, 6.45) is 1.32. The number of hydrogen-bond acceptors (Lipinski definition) is 1. The minimum Gasteiger partial charge on any atom is -0.300 e. The molecule has 0 radical (unpaired) electrons. The first-order valence-corrected chi connectivity index (χ1v) is 5.83. The van der Waals surface area contributed by atoms with E-state index in [1.165, 1.54) is 10.8 Å². The Balaban J connectivity index is 2.24. The number of ketones is 1. The summed E-state index contributed by atoms with van der Waals surface area (Å²) in [5.41, 5.74) is 2.16. The number of allylic oxidation sites excluding steroid dienone is 1. The molecule has 0 spiro atoms. The molecule has 0 unspecified atom stereocenters. The third-order valence-corrected chi connectivity index (χ3v) is 2.94. The van der Waals surface area contributed by atoms with Crippen molar-refractivity contribution in [3.8, 4) is 0 Å². The average Bonchev–Trinajstić information content (AvgIpc) is 2.35. The van der Waals surface area contributed by atoms with Gasteiger partial charge >= 0.3 is 0 Å². The normalized spacial score (nSPS) is 10.4. The van der Waals surface area contributed by atoms with Crippen LogP contribution in [-0.4, -0.2) is 5.78 Å². The molecule has 86 valence electrons. The van der Waals surface area contributed by atoms with Crippen LogP contribution >= 0.6 is 0 Å². The Kier molecular flexibility index (Phi) is 3.38. The van der Waals surface area contributed by atoms with Gasteiger partial charge in [-0.15, -0.1) is 0 Å². The average molecular weight is 224 g/mol. The molecule has 0 aliphatic carbocycles. The van der Waals surface area contributed by atoms with Gasteiger partial charge in [-0.1, -0.05) is 43.0 Å². The highest BCUT2D eigenvalue weighted by Gasteiger charge is 2.02. The van der Waals surface area contributed by atoms with Crippen LogP contribution in [0, 0.1) is 0 Å². The number of rotatable bonds is 4. The van der Waals surface area contributed by atoms with Crippen molar-refractivity contribution in [3.05, 3.63) is 54.6 Å². The van der Waals surface area contributed by atoms with Gasteiger partial charge in [0.25, 0.3) is 0 Å². The summed E-state index contributed by atoms with van der Waals surface area (Å²) >= 11 is 0. The Labute approximate surface area is 102 Å². The monoisotopic (exact) mass is 224 g/mol. The molecule has 0 fully saturated rings. The standard InChI is InChI=1S/C16H16O/c1-12(7-8-13(2)17)15-10-9-14-5-3-4-6-16(14)11-15/h3-6,9-11H,1,7-8H2,2H3. The lowest BCUT2D eigenvalue weighted by Crippen LogP contribution is -1.91. The molecule has 0 N–H and O–H groups in total. The van der Waals surface area contributed by atoms with Gasteiger partial charge in [0.1, 0.15) is 5.78 Å². The maximum Gasteiger partial charge on any atom is 0.130 e. The van der Waals surface area contributed by atoms with E-state index in [1.54, 1.807) is 6.92 Å². The van der Waals surface area contributed by atoms with E-state index in [4.69, 9.17) is 0 Å². The van der Waals surface area contributed by atoms with Crippen molar-refractivity contribution in [1.29, 1.82) is 0 Å². The Morgan fingerprint density at radius 3 is 2.47 bits per heavy atom. The Morgan fingerprint density at radius 2 is 1.76 bits per heavy atom. The third kappa shape index (κ3) is 2.82. The molecule has 2 aromatic carbocycles. The predicted octanol–water partition coefficient (Wildman–Crippen LogP) is 4.22. The van der Waals surface area contributed by atoms with Gasteiger partial charge in [-0.3, -0.25) is 0 Å². The number of fused-ring (bicyclic) bond motifs is 1. The number of carbonyl (C=O) groups excluding carboxylic acids is 1. The molecule has 0 aromatic heterocycles. The summed E-state index contributed by atoms with van der Waals surface area (Å²) in [6.45, 7) is 5.67. The number of Topliss-reactive ketones (excluding diaryl/α,β-unsaturated/α-hetero) is 1. The van der Waals surface area contributed by atoms with Gasteiger partial charge in [0.05, 0.1) is 0 Å². The minimum absolute atomic E-state index is 0.215. The van der Waals surface area contributed by atoms with Crippen LogP contribution in [0.5, 0.6) is 0 Å². The highest BCUT2D eigenvalue weighted by Crippen LogP contribution is 2.23. The van der Waals surface area contributed by atoms with Gasteiger partial charge < -0.3 is 4.79 Å². The molecule has 0 bridgehead atoms. The van der Waals surface area contributed by atoms with Crippen LogP contribution < -0.4 is 0 Å². The quantitative estimate of drug-likeness (QED) is 0.759. The fourth-order valence-corrected chi connectivity index (χ4v) is 1.88. The summed E-state index contributed by atoms with van der Waals surface area (Å²) in [5.74, 6) is 0.215. The van der Waals surface area contributed by atoms with Gasteiger partial charge in [-0.2, -0.15) is 0 Å². The molecule has 0 aliphatic rings. The summed E-state index contributed by atoms with van der Waals surface area (Å²) in [4.78, 5) is 11.0. The summed E-state index contributed by atoms with van der Waals surface area (Å²) in [7, 11) is 0. The number of benzene rings is 2. The number of hydrogen-bond donors (Lipinski definition) is 0. The molecule has 0 aliphatic heterocycles. The predicted molar refractivity (Wildman–Crippen MR) is 72.9 cm³/mol. The topological polar surface area (TPSA) is 17.1 Å². The third-order valence-electron chi connectivity index (χ3n) is 2.94. The molecule has 0 amide bonds. The van der Waals surface area contributed by atoms with E-state index in [9.17, 15) is 4.79 Å². The van der Waals surface area contributed by atoms with E-state index in [2.05, 4.69) is 36.9 Å². The van der Waals surface area contributed by atoms with Crippen molar-refractivity contribution in [3.63, 3.8) is 0 Å². The fraction of sp³-hybridized carbons (Fsp3) is 0.188. The molecule has 0 saturated heterocycles. The molecule has 2 aromatic rings. The summed E-state index contributed by atoms with van der Waals surface area (Å²) < 4.78 is 0. The van der Waals surface area contributed by atoms with Gasteiger partial charge in [0.2, 0.25) is 0 Å². The molecule has 0 saturated carbocycles. The van der Waals surface area contributed by atoms with Gasteiger partial charge in [-0.05, 0) is 41.3 Å². The van der Waals surface area contributed by atoms with E-state index >= 15 is 0 Å². The molecule has 17 heavy (non-hydrogen) atoms. The molecule has 0 heterocycles. The SMILES string of the molecule is C=C(CCC(C)=O)c1ccc2ccccc2c1. The van der Waals surface area contributed by atoms with Gasteiger partial charge in [0, 0.05) is 6.42 Å². The van der Waals surface area contributed by atoms with Crippen molar-refractivity contribution in [2.24, 2.45) is 0 Å². The highest BCUT2D eigenvalue weighted by atomic mass is 16.1. The van der Waals surface area contributed by atoms with Crippen LogP contribution in [0.25, 0.3) is 16.3 Å². The van der Waals surface area contributed by atoms with Crippen LogP contribution in [0.4, 0.5) is 0 Å². The van der Waals surface area contributed by atoms with Gasteiger partial charge in [-0.25, -0.2) is 0 Å². The van der Waals surface area contributed by atoms with E-state index < -0.39 is 0 Å². The Morgan fingerprint density at radius 1 is 1.06 bits per heavy atom. The van der Waals surface area contributed by atoms with E-state index in [1.807, 2.05) is 12.1 Å². The van der Waals surface area contributed by atoms with E-state index in [-0.39, 0.29) is 5.78 Å². The van der Waals surface area contributed by atoms with Crippen molar-refractivity contribution in [2.45, 2.75) is 19.8 Å². The zero-order chi connectivity index (χ0) is 12.3. The first kappa shape index (κ1) is 11.6. The Hall–Kier alpha value is -1.89. The molecule has 1 nitrogen and oxygen atoms in total. The van der Waals surface area contributed by atoms with Crippen molar-refractivity contribution in [1.82, 2.24) is 0 Å².